The molecule has 0 saturated carbocycles. The van der Waals surface area contributed by atoms with Crippen LogP contribution in [-0.2, 0) is 11.4 Å². The van der Waals surface area contributed by atoms with Crippen LogP contribution in [0.4, 0.5) is 0 Å². The summed E-state index contributed by atoms with van der Waals surface area (Å²) in [6.07, 6.45) is 2.03. The normalized spacial score (nSPS) is 7.83. The van der Waals surface area contributed by atoms with Crippen LogP contribution in [0.3, 0.4) is 0 Å². The number of hydrogen-bond acceptors (Lipinski definition) is 3. The van der Waals surface area contributed by atoms with Gasteiger partial charge in [-0.3, -0.25) is 9.11 Å². The Morgan fingerprint density at radius 2 is 1.83 bits per heavy atom. The Balaban J connectivity index is 0. The molecular weight excluding hydrogens is 180 g/mol. The molecule has 0 atom stereocenters. The molecule has 0 bridgehead atoms. The van der Waals surface area contributed by atoms with Crippen LogP contribution < -0.4 is 0 Å². The summed E-state index contributed by atoms with van der Waals surface area (Å²) in [5.41, 5.74) is 0. The second-order valence-electron chi connectivity index (χ2n) is 1.57. The van der Waals surface area contributed by atoms with Crippen molar-refractivity contribution in [3.05, 3.63) is 12.7 Å². The van der Waals surface area contributed by atoms with Crippen molar-refractivity contribution in [2.75, 3.05) is 0 Å². The Morgan fingerprint density at radius 1 is 1.50 bits per heavy atom. The molecule has 0 aliphatic heterocycles. The Labute approximate surface area is 73.0 Å². The minimum Gasteiger partial charge on any atom is -0.284 e. The molecule has 0 aliphatic carbocycles. The quantitative estimate of drug-likeness (QED) is 0.495. The highest BCUT2D eigenvalue weighted by atomic mass is 32.2. The largest absolute Gasteiger partial charge is 0.299 e. The lowest BCUT2D eigenvalue weighted by molar-refractivity contribution is 0.454. The fraction of sp³-hybridized carbons (Fsp3) is 0.333. The minimum atomic E-state index is -2.61. The molecule has 0 aliphatic rings. The van der Waals surface area contributed by atoms with Gasteiger partial charge in [0.05, 0.1) is 12.1 Å². The number of nitrogens with zero attached hydrogens (tertiary/aromatic N) is 2. The third-order valence-corrected chi connectivity index (χ3v) is 0.714. The summed E-state index contributed by atoms with van der Waals surface area (Å²) in [4.78, 5) is 0. The molecule has 2 N–H and O–H groups in total. The minimum absolute atomic E-state index is 0.465. The zero-order chi connectivity index (χ0) is 9.98. The van der Waals surface area contributed by atoms with E-state index >= 15 is 0 Å². The van der Waals surface area contributed by atoms with Crippen LogP contribution in [0.1, 0.15) is 6.42 Å². The van der Waals surface area contributed by atoms with Crippen LogP contribution in [0, 0.1) is 28.6 Å². The van der Waals surface area contributed by atoms with Gasteiger partial charge >= 0.3 is 0 Å². The first-order valence-corrected chi connectivity index (χ1v) is 3.84. The van der Waals surface area contributed by atoms with Crippen molar-refractivity contribution in [2.24, 2.45) is 5.92 Å². The van der Waals surface area contributed by atoms with Crippen LogP contribution >= 0.6 is 0 Å². The summed E-state index contributed by atoms with van der Waals surface area (Å²) < 4.78 is 22.8. The molecule has 0 unspecified atom stereocenters. The zero-order valence-corrected chi connectivity index (χ0v) is 6.99. The summed E-state index contributed by atoms with van der Waals surface area (Å²) >= 11 is -2.61. The number of hydrogen-bond donors (Lipinski definition) is 2. The molecule has 0 aromatic rings. The molecule has 6 heteroatoms. The Hall–Kier alpha value is -1.21. The van der Waals surface area contributed by atoms with Crippen molar-refractivity contribution in [1.82, 2.24) is 0 Å². The van der Waals surface area contributed by atoms with E-state index in [9.17, 15) is 0 Å². The molecular formula is C6H8N2O3S. The lowest BCUT2D eigenvalue weighted by Gasteiger charge is -1.86. The van der Waals surface area contributed by atoms with Gasteiger partial charge in [0.1, 0.15) is 5.92 Å². The lowest BCUT2D eigenvalue weighted by atomic mass is 10.1. The van der Waals surface area contributed by atoms with Crippen LogP contribution in [0.25, 0.3) is 0 Å². The monoisotopic (exact) mass is 188 g/mol. The SMILES string of the molecule is C=CCC(C#N)C#N.O=S(O)O. The molecule has 0 amide bonds. The number of nitriles is 2. The summed E-state index contributed by atoms with van der Waals surface area (Å²) in [5, 5.41) is 16.3. The summed E-state index contributed by atoms with van der Waals surface area (Å²) in [7, 11) is 0. The molecule has 0 heterocycles. The van der Waals surface area contributed by atoms with Crippen LogP contribution in [0.2, 0.25) is 0 Å². The van der Waals surface area contributed by atoms with Gasteiger partial charge in [-0.2, -0.15) is 14.7 Å². The maximum Gasteiger partial charge on any atom is 0.299 e. The average Bonchev–Trinajstić information content (AvgIpc) is 1.99. The first-order valence-electron chi connectivity index (χ1n) is 2.78. The van der Waals surface area contributed by atoms with E-state index in [4.69, 9.17) is 23.8 Å². The highest BCUT2D eigenvalue weighted by molar-refractivity contribution is 7.73. The molecule has 0 rings (SSSR count). The van der Waals surface area contributed by atoms with Gasteiger partial charge in [-0.15, -0.1) is 6.58 Å². The van der Waals surface area contributed by atoms with Crippen molar-refractivity contribution in [3.63, 3.8) is 0 Å². The van der Waals surface area contributed by atoms with E-state index in [-0.39, 0.29) is 0 Å². The predicted molar refractivity (Wildman–Crippen MR) is 42.9 cm³/mol. The molecule has 0 aromatic heterocycles. The highest BCUT2D eigenvalue weighted by Crippen LogP contribution is 1.97. The fourth-order valence-corrected chi connectivity index (χ4v) is 0.301. The van der Waals surface area contributed by atoms with Crippen molar-refractivity contribution >= 4 is 11.4 Å². The molecule has 0 saturated heterocycles. The van der Waals surface area contributed by atoms with Gasteiger partial charge in [-0.1, -0.05) is 6.08 Å². The Bertz CT molecular complexity index is 210. The van der Waals surface area contributed by atoms with Crippen molar-refractivity contribution < 1.29 is 13.3 Å². The van der Waals surface area contributed by atoms with E-state index in [0.717, 1.165) is 0 Å². The molecule has 66 valence electrons. The molecule has 0 aromatic carbocycles. The average molecular weight is 188 g/mol. The van der Waals surface area contributed by atoms with E-state index in [0.29, 0.717) is 6.42 Å². The third kappa shape index (κ3) is 15.9. The van der Waals surface area contributed by atoms with Gasteiger partial charge in [-0.05, 0) is 6.42 Å². The van der Waals surface area contributed by atoms with Crippen molar-refractivity contribution in [2.45, 2.75) is 6.42 Å². The van der Waals surface area contributed by atoms with Crippen molar-refractivity contribution in [3.8, 4) is 12.1 Å². The number of rotatable bonds is 2. The first-order chi connectivity index (χ1) is 5.58. The Morgan fingerprint density at radius 3 is 1.92 bits per heavy atom. The molecule has 12 heavy (non-hydrogen) atoms. The van der Waals surface area contributed by atoms with E-state index in [1.165, 1.54) is 0 Å². The van der Waals surface area contributed by atoms with Gasteiger partial charge < -0.3 is 0 Å². The van der Waals surface area contributed by atoms with Crippen LogP contribution in [-0.4, -0.2) is 13.3 Å². The second-order valence-corrected chi connectivity index (χ2v) is 2.03. The summed E-state index contributed by atoms with van der Waals surface area (Å²) in [6, 6.07) is 3.64. The summed E-state index contributed by atoms with van der Waals surface area (Å²) in [5.74, 6) is -0.507. The zero-order valence-electron chi connectivity index (χ0n) is 6.17. The lowest BCUT2D eigenvalue weighted by Crippen LogP contribution is -1.87. The molecule has 0 radical (unpaired) electrons. The highest BCUT2D eigenvalue weighted by Gasteiger charge is 1.98. The van der Waals surface area contributed by atoms with E-state index in [1.807, 2.05) is 12.1 Å². The Kier molecular flexibility index (Phi) is 10.9. The smallest absolute Gasteiger partial charge is 0.284 e. The van der Waals surface area contributed by atoms with Crippen LogP contribution in [0.15, 0.2) is 12.7 Å². The fourth-order valence-electron chi connectivity index (χ4n) is 0.301. The topological polar surface area (TPSA) is 105 Å². The standard InChI is InChI=1S/C6H6N2.H2O3S/c1-2-3-6(4-7)5-8;1-4(2)3/h2,6H,1,3H2;(H2,1,2,3). The third-order valence-electron chi connectivity index (χ3n) is 0.714. The summed E-state index contributed by atoms with van der Waals surface area (Å²) in [6.45, 7) is 3.39. The molecule has 5 nitrogen and oxygen atoms in total. The molecule has 0 spiro atoms. The van der Waals surface area contributed by atoms with Gasteiger partial charge in [-0.25, -0.2) is 0 Å². The van der Waals surface area contributed by atoms with Gasteiger partial charge in [0.15, 0.2) is 0 Å². The van der Waals surface area contributed by atoms with Crippen LogP contribution in [0.5, 0.6) is 0 Å². The molecule has 0 fully saturated rings. The second kappa shape index (κ2) is 9.79. The first kappa shape index (κ1) is 13.4. The van der Waals surface area contributed by atoms with E-state index in [2.05, 4.69) is 6.58 Å². The number of allylic oxidation sites excluding steroid dienone is 1. The van der Waals surface area contributed by atoms with Gasteiger partial charge in [0.2, 0.25) is 0 Å². The predicted octanol–water partition coefficient (Wildman–Crippen LogP) is 0.907. The van der Waals surface area contributed by atoms with Gasteiger partial charge in [0, 0.05) is 0 Å². The maximum absolute atomic E-state index is 8.67. The van der Waals surface area contributed by atoms with Crippen molar-refractivity contribution in [1.29, 1.82) is 10.5 Å². The van der Waals surface area contributed by atoms with Gasteiger partial charge in [0.25, 0.3) is 11.4 Å². The maximum atomic E-state index is 8.67. The van der Waals surface area contributed by atoms with E-state index in [1.54, 1.807) is 6.08 Å². The van der Waals surface area contributed by atoms with E-state index < -0.39 is 17.3 Å².